The smallest absolute Gasteiger partial charge is 0.173 e. The summed E-state index contributed by atoms with van der Waals surface area (Å²) in [7, 11) is 0. The van der Waals surface area contributed by atoms with E-state index in [0.717, 1.165) is 22.8 Å². The fourth-order valence-corrected chi connectivity index (χ4v) is 4.09. The molecule has 0 unspecified atom stereocenters. The molecule has 6 heteroatoms. The SMILES string of the molecule is CC(C)Oc1ccc(-c2nc3c(C#N)c[nH]n3c2NC2CCCCCCC2)cc1. The molecule has 0 saturated heterocycles. The van der Waals surface area contributed by atoms with Crippen LogP contribution < -0.4 is 10.1 Å². The number of aromatic amines is 1. The molecule has 1 aromatic carbocycles. The van der Waals surface area contributed by atoms with Crippen molar-refractivity contribution in [1.82, 2.24) is 14.6 Å². The van der Waals surface area contributed by atoms with Gasteiger partial charge in [-0.3, -0.25) is 5.10 Å². The zero-order valence-electron chi connectivity index (χ0n) is 17.2. The third-order valence-corrected chi connectivity index (χ3v) is 5.52. The van der Waals surface area contributed by atoms with Gasteiger partial charge in [0.15, 0.2) is 11.5 Å². The van der Waals surface area contributed by atoms with Gasteiger partial charge in [-0.1, -0.05) is 32.1 Å². The standard InChI is InChI=1S/C23H29N5O/c1-16(2)29-20-12-10-17(11-13-20)21-23(26-19-8-6-4-3-5-7-9-19)28-22(27-21)18(14-24)15-25-28/h10-13,15-16,19,25-26H,3-9H2,1-2H3. The number of nitrogens with one attached hydrogen (secondary N) is 2. The van der Waals surface area contributed by atoms with Crippen LogP contribution in [0.1, 0.15) is 64.4 Å². The molecule has 0 amide bonds. The van der Waals surface area contributed by atoms with E-state index in [1.807, 2.05) is 42.6 Å². The number of aromatic nitrogens is 3. The summed E-state index contributed by atoms with van der Waals surface area (Å²) < 4.78 is 7.68. The van der Waals surface area contributed by atoms with Crippen molar-refractivity contribution in [2.45, 2.75) is 70.9 Å². The number of rotatable bonds is 5. The van der Waals surface area contributed by atoms with Crippen molar-refractivity contribution in [3.63, 3.8) is 0 Å². The predicted octanol–water partition coefficient (Wildman–Crippen LogP) is 5.51. The van der Waals surface area contributed by atoms with Gasteiger partial charge in [-0.25, -0.2) is 9.50 Å². The van der Waals surface area contributed by atoms with Crippen molar-refractivity contribution in [2.24, 2.45) is 0 Å². The van der Waals surface area contributed by atoms with Gasteiger partial charge in [-0.2, -0.15) is 5.26 Å². The fourth-order valence-electron chi connectivity index (χ4n) is 4.09. The first-order chi connectivity index (χ1) is 14.2. The summed E-state index contributed by atoms with van der Waals surface area (Å²) in [5, 5.41) is 16.4. The van der Waals surface area contributed by atoms with Crippen molar-refractivity contribution < 1.29 is 4.74 Å². The molecule has 2 aromatic heterocycles. The summed E-state index contributed by atoms with van der Waals surface area (Å²) in [5.74, 6) is 1.78. The Balaban J connectivity index is 1.69. The highest BCUT2D eigenvalue weighted by molar-refractivity contribution is 5.78. The first kappa shape index (κ1) is 19.4. The molecule has 0 aliphatic heterocycles. The van der Waals surface area contributed by atoms with Crippen molar-refractivity contribution in [3.05, 3.63) is 36.0 Å². The number of H-pyrrole nitrogens is 1. The number of nitrogens with zero attached hydrogens (tertiary/aromatic N) is 3. The van der Waals surface area contributed by atoms with Crippen LogP contribution in [-0.4, -0.2) is 26.7 Å². The van der Waals surface area contributed by atoms with Crippen LogP contribution in [0.3, 0.4) is 0 Å². The Hall–Kier alpha value is -2.94. The molecule has 0 atom stereocenters. The Morgan fingerprint density at radius 3 is 2.48 bits per heavy atom. The second-order valence-electron chi connectivity index (χ2n) is 8.14. The highest BCUT2D eigenvalue weighted by Crippen LogP contribution is 2.32. The van der Waals surface area contributed by atoms with Crippen LogP contribution in [0.2, 0.25) is 0 Å². The fraction of sp³-hybridized carbons (Fsp3) is 0.478. The Kier molecular flexibility index (Phi) is 5.75. The Bertz CT molecular complexity index is 985. The summed E-state index contributed by atoms with van der Waals surface area (Å²) >= 11 is 0. The topological polar surface area (TPSA) is 78.1 Å². The first-order valence-electron chi connectivity index (χ1n) is 10.7. The molecular weight excluding hydrogens is 362 g/mol. The van der Waals surface area contributed by atoms with Crippen LogP contribution in [0.4, 0.5) is 5.82 Å². The van der Waals surface area contributed by atoms with Crippen LogP contribution in [0.5, 0.6) is 5.75 Å². The number of ether oxygens (including phenoxy) is 1. The average molecular weight is 392 g/mol. The normalized spacial score (nSPS) is 15.8. The average Bonchev–Trinajstić information content (AvgIpc) is 3.23. The number of fused-ring (bicyclic) bond motifs is 1. The van der Waals surface area contributed by atoms with E-state index in [0.29, 0.717) is 17.3 Å². The molecule has 3 aromatic rings. The second-order valence-corrected chi connectivity index (χ2v) is 8.14. The van der Waals surface area contributed by atoms with E-state index in [1.54, 1.807) is 6.20 Å². The van der Waals surface area contributed by atoms with Crippen molar-refractivity contribution >= 4 is 11.5 Å². The van der Waals surface area contributed by atoms with Gasteiger partial charge < -0.3 is 10.1 Å². The number of nitriles is 1. The maximum Gasteiger partial charge on any atom is 0.173 e. The third kappa shape index (κ3) is 4.24. The van der Waals surface area contributed by atoms with Gasteiger partial charge in [0.1, 0.15) is 23.1 Å². The molecule has 6 nitrogen and oxygen atoms in total. The van der Waals surface area contributed by atoms with Crippen molar-refractivity contribution in [1.29, 1.82) is 5.26 Å². The van der Waals surface area contributed by atoms with E-state index in [9.17, 15) is 5.26 Å². The van der Waals surface area contributed by atoms with Gasteiger partial charge in [0.25, 0.3) is 0 Å². The summed E-state index contributed by atoms with van der Waals surface area (Å²) in [5.41, 5.74) is 3.09. The van der Waals surface area contributed by atoms with Gasteiger partial charge in [0.2, 0.25) is 0 Å². The maximum atomic E-state index is 9.45. The molecule has 2 N–H and O–H groups in total. The van der Waals surface area contributed by atoms with E-state index < -0.39 is 0 Å². The van der Waals surface area contributed by atoms with Crippen LogP contribution in [0.15, 0.2) is 30.5 Å². The van der Waals surface area contributed by atoms with E-state index >= 15 is 0 Å². The first-order valence-corrected chi connectivity index (χ1v) is 10.7. The maximum absolute atomic E-state index is 9.45. The molecule has 1 saturated carbocycles. The van der Waals surface area contributed by atoms with Gasteiger partial charge in [-0.05, 0) is 51.0 Å². The minimum atomic E-state index is 0.140. The number of hydrogen-bond acceptors (Lipinski definition) is 4. The molecule has 152 valence electrons. The largest absolute Gasteiger partial charge is 0.491 e. The highest BCUT2D eigenvalue weighted by Gasteiger charge is 2.21. The molecule has 0 spiro atoms. The van der Waals surface area contributed by atoms with Crippen molar-refractivity contribution in [2.75, 3.05) is 5.32 Å². The zero-order valence-corrected chi connectivity index (χ0v) is 17.2. The van der Waals surface area contributed by atoms with E-state index in [1.165, 1.54) is 44.9 Å². The summed E-state index contributed by atoms with van der Waals surface area (Å²) in [6.45, 7) is 4.04. The summed E-state index contributed by atoms with van der Waals surface area (Å²) in [6.07, 6.45) is 10.7. The highest BCUT2D eigenvalue weighted by atomic mass is 16.5. The van der Waals surface area contributed by atoms with Crippen LogP contribution >= 0.6 is 0 Å². The van der Waals surface area contributed by atoms with Gasteiger partial charge >= 0.3 is 0 Å². The lowest BCUT2D eigenvalue weighted by atomic mass is 9.96. The Morgan fingerprint density at radius 2 is 1.83 bits per heavy atom. The predicted molar refractivity (Wildman–Crippen MR) is 115 cm³/mol. The van der Waals surface area contributed by atoms with Gasteiger partial charge in [0, 0.05) is 17.8 Å². The minimum absolute atomic E-state index is 0.140. The summed E-state index contributed by atoms with van der Waals surface area (Å²) in [6, 6.07) is 10.7. The Labute approximate surface area is 171 Å². The molecule has 0 bridgehead atoms. The van der Waals surface area contributed by atoms with Crippen LogP contribution in [0.25, 0.3) is 16.9 Å². The van der Waals surface area contributed by atoms with E-state index in [-0.39, 0.29) is 6.10 Å². The number of anilines is 1. The molecule has 4 rings (SSSR count). The molecule has 2 heterocycles. The van der Waals surface area contributed by atoms with E-state index in [4.69, 9.17) is 9.72 Å². The van der Waals surface area contributed by atoms with Gasteiger partial charge in [-0.15, -0.1) is 0 Å². The molecule has 1 aliphatic rings. The molecule has 1 fully saturated rings. The monoisotopic (exact) mass is 391 g/mol. The zero-order chi connectivity index (χ0) is 20.2. The quantitative estimate of drug-likeness (QED) is 0.601. The van der Waals surface area contributed by atoms with E-state index in [2.05, 4.69) is 16.5 Å². The lowest BCUT2D eigenvalue weighted by Crippen LogP contribution is -2.22. The van der Waals surface area contributed by atoms with Crippen LogP contribution in [0, 0.1) is 11.3 Å². The lowest BCUT2D eigenvalue weighted by molar-refractivity contribution is 0.242. The number of hydrogen-bond donors (Lipinski definition) is 2. The van der Waals surface area contributed by atoms with Crippen LogP contribution in [-0.2, 0) is 0 Å². The molecule has 1 aliphatic carbocycles. The second kappa shape index (κ2) is 8.60. The van der Waals surface area contributed by atoms with Gasteiger partial charge in [0.05, 0.1) is 6.10 Å². The lowest BCUT2D eigenvalue weighted by Gasteiger charge is -2.22. The number of benzene rings is 1. The third-order valence-electron chi connectivity index (χ3n) is 5.52. The van der Waals surface area contributed by atoms with Crippen molar-refractivity contribution in [3.8, 4) is 23.1 Å². The molecule has 29 heavy (non-hydrogen) atoms. The number of imidazole rings is 1. The Morgan fingerprint density at radius 1 is 1.14 bits per heavy atom. The molecular formula is C23H29N5O. The minimum Gasteiger partial charge on any atom is -0.491 e. The summed E-state index contributed by atoms with van der Waals surface area (Å²) in [4.78, 5) is 4.82. The molecule has 0 radical (unpaired) electrons.